The van der Waals surface area contributed by atoms with E-state index in [1.807, 2.05) is 12.3 Å². The molecule has 0 atom stereocenters. The van der Waals surface area contributed by atoms with E-state index in [2.05, 4.69) is 35.8 Å². The number of aromatic nitrogens is 1. The summed E-state index contributed by atoms with van der Waals surface area (Å²) in [5.74, 6) is -0.181. The Kier molecular flexibility index (Phi) is 6.49. The zero-order chi connectivity index (χ0) is 16.8. The first-order valence-electron chi connectivity index (χ1n) is 7.32. The number of nitrogens with zero attached hydrogens (tertiary/aromatic N) is 1. The molecule has 124 valence electrons. The van der Waals surface area contributed by atoms with Gasteiger partial charge in [-0.25, -0.2) is 13.1 Å². The van der Waals surface area contributed by atoms with Crippen molar-refractivity contribution in [3.8, 4) is 0 Å². The van der Waals surface area contributed by atoms with Gasteiger partial charge in [-0.2, -0.15) is 0 Å². The zero-order valence-corrected chi connectivity index (χ0v) is 14.5. The normalized spacial score (nSPS) is 12.2. The lowest BCUT2D eigenvalue weighted by Crippen LogP contribution is -2.31. The summed E-state index contributed by atoms with van der Waals surface area (Å²) in [5, 5.41) is 2.77. The molecule has 0 fully saturated rings. The SMILES string of the molecule is CCS(=O)(=O)NCCC(=O)NCc1cncc(C(C)(C)C)c1. The fourth-order valence-corrected chi connectivity index (χ4v) is 2.32. The zero-order valence-electron chi connectivity index (χ0n) is 13.6. The molecule has 0 aliphatic heterocycles. The van der Waals surface area contributed by atoms with Crippen molar-refractivity contribution < 1.29 is 13.2 Å². The molecule has 0 spiro atoms. The van der Waals surface area contributed by atoms with Crippen molar-refractivity contribution in [2.24, 2.45) is 0 Å². The maximum absolute atomic E-state index is 11.7. The Morgan fingerprint density at radius 2 is 1.95 bits per heavy atom. The van der Waals surface area contributed by atoms with E-state index in [1.54, 1.807) is 13.1 Å². The highest BCUT2D eigenvalue weighted by atomic mass is 32.2. The van der Waals surface area contributed by atoms with Crippen LogP contribution in [-0.2, 0) is 26.8 Å². The minimum absolute atomic E-state index is 0.00541. The summed E-state index contributed by atoms with van der Waals surface area (Å²) in [6, 6.07) is 2.02. The highest BCUT2D eigenvalue weighted by Crippen LogP contribution is 2.21. The smallest absolute Gasteiger partial charge is 0.221 e. The van der Waals surface area contributed by atoms with Gasteiger partial charge in [0, 0.05) is 31.9 Å². The Morgan fingerprint density at radius 3 is 2.55 bits per heavy atom. The van der Waals surface area contributed by atoms with Gasteiger partial charge in [-0.05, 0) is 23.5 Å². The van der Waals surface area contributed by atoms with Crippen LogP contribution in [0, 0.1) is 0 Å². The summed E-state index contributed by atoms with van der Waals surface area (Å²) in [4.78, 5) is 15.9. The topological polar surface area (TPSA) is 88.2 Å². The minimum atomic E-state index is -3.24. The van der Waals surface area contributed by atoms with Crippen LogP contribution >= 0.6 is 0 Å². The average molecular weight is 327 g/mol. The Hall–Kier alpha value is -1.47. The number of rotatable bonds is 7. The van der Waals surface area contributed by atoms with Gasteiger partial charge < -0.3 is 5.32 Å². The standard InChI is InChI=1S/C15H25N3O3S/c1-5-22(20,21)18-7-6-14(19)17-10-12-8-13(11-16-9-12)15(2,3)4/h8-9,11,18H,5-7,10H2,1-4H3,(H,17,19). The molecule has 0 unspecified atom stereocenters. The molecular formula is C15H25N3O3S. The molecular weight excluding hydrogens is 302 g/mol. The molecule has 1 amide bonds. The van der Waals surface area contributed by atoms with Gasteiger partial charge in [0.15, 0.2) is 0 Å². The van der Waals surface area contributed by atoms with E-state index in [0.29, 0.717) is 6.54 Å². The maximum Gasteiger partial charge on any atom is 0.221 e. The van der Waals surface area contributed by atoms with Gasteiger partial charge in [0.1, 0.15) is 0 Å². The number of sulfonamides is 1. The van der Waals surface area contributed by atoms with Crippen LogP contribution in [0.15, 0.2) is 18.5 Å². The molecule has 1 aromatic rings. The predicted molar refractivity (Wildman–Crippen MR) is 86.9 cm³/mol. The first-order valence-corrected chi connectivity index (χ1v) is 8.97. The van der Waals surface area contributed by atoms with Gasteiger partial charge in [-0.1, -0.05) is 26.8 Å². The largest absolute Gasteiger partial charge is 0.352 e. The maximum atomic E-state index is 11.7. The molecule has 2 N–H and O–H groups in total. The van der Waals surface area contributed by atoms with E-state index in [1.165, 1.54) is 0 Å². The lowest BCUT2D eigenvalue weighted by Gasteiger charge is -2.19. The number of carbonyl (C=O) groups is 1. The van der Waals surface area contributed by atoms with Gasteiger partial charge in [-0.15, -0.1) is 0 Å². The van der Waals surface area contributed by atoms with Crippen LogP contribution in [0.5, 0.6) is 0 Å². The van der Waals surface area contributed by atoms with Crippen LogP contribution in [0.2, 0.25) is 0 Å². The van der Waals surface area contributed by atoms with E-state index >= 15 is 0 Å². The highest BCUT2D eigenvalue weighted by Gasteiger charge is 2.14. The number of pyridine rings is 1. The Bertz CT molecular complexity index is 607. The van der Waals surface area contributed by atoms with Crippen molar-refractivity contribution in [1.29, 1.82) is 0 Å². The molecule has 0 radical (unpaired) electrons. The highest BCUT2D eigenvalue weighted by molar-refractivity contribution is 7.89. The van der Waals surface area contributed by atoms with Crippen molar-refractivity contribution in [2.45, 2.75) is 46.1 Å². The van der Waals surface area contributed by atoms with Gasteiger partial charge >= 0.3 is 0 Å². The summed E-state index contributed by atoms with van der Waals surface area (Å²) in [7, 11) is -3.24. The third kappa shape index (κ3) is 6.53. The van der Waals surface area contributed by atoms with E-state index in [0.717, 1.165) is 11.1 Å². The van der Waals surface area contributed by atoms with Crippen LogP contribution in [0.25, 0.3) is 0 Å². The third-order valence-corrected chi connectivity index (χ3v) is 4.61. The number of nitrogens with one attached hydrogen (secondary N) is 2. The van der Waals surface area contributed by atoms with E-state index in [4.69, 9.17) is 0 Å². The molecule has 1 rings (SSSR count). The molecule has 0 aliphatic rings. The second-order valence-corrected chi connectivity index (χ2v) is 8.25. The van der Waals surface area contributed by atoms with Gasteiger partial charge in [-0.3, -0.25) is 9.78 Å². The fourth-order valence-electron chi connectivity index (χ4n) is 1.71. The van der Waals surface area contributed by atoms with Crippen molar-refractivity contribution in [2.75, 3.05) is 12.3 Å². The third-order valence-electron chi connectivity index (χ3n) is 3.20. The average Bonchev–Trinajstić information content (AvgIpc) is 2.44. The lowest BCUT2D eigenvalue weighted by atomic mass is 9.88. The van der Waals surface area contributed by atoms with E-state index in [9.17, 15) is 13.2 Å². The lowest BCUT2D eigenvalue weighted by molar-refractivity contribution is -0.121. The summed E-state index contributed by atoms with van der Waals surface area (Å²) < 4.78 is 24.8. The second kappa shape index (κ2) is 7.69. The first kappa shape index (κ1) is 18.6. The van der Waals surface area contributed by atoms with Crippen LogP contribution in [0.4, 0.5) is 0 Å². The molecule has 0 saturated carbocycles. The second-order valence-electron chi connectivity index (χ2n) is 6.16. The number of hydrogen-bond acceptors (Lipinski definition) is 4. The first-order chi connectivity index (χ1) is 10.1. The molecule has 0 aliphatic carbocycles. The summed E-state index contributed by atoms with van der Waals surface area (Å²) in [5.41, 5.74) is 2.04. The number of hydrogen-bond donors (Lipinski definition) is 2. The quantitative estimate of drug-likeness (QED) is 0.791. The molecule has 0 bridgehead atoms. The molecule has 0 saturated heterocycles. The number of amides is 1. The summed E-state index contributed by atoms with van der Waals surface area (Å²) in [6.07, 6.45) is 3.66. The molecule has 0 aromatic carbocycles. The monoisotopic (exact) mass is 327 g/mol. The van der Waals surface area contributed by atoms with Crippen LogP contribution in [0.1, 0.15) is 45.2 Å². The van der Waals surface area contributed by atoms with E-state index < -0.39 is 10.0 Å². The Balaban J connectivity index is 2.45. The van der Waals surface area contributed by atoms with Crippen molar-refractivity contribution >= 4 is 15.9 Å². The van der Waals surface area contributed by atoms with Crippen LogP contribution in [-0.4, -0.2) is 31.6 Å². The van der Waals surface area contributed by atoms with Crippen molar-refractivity contribution in [3.63, 3.8) is 0 Å². The van der Waals surface area contributed by atoms with Gasteiger partial charge in [0.2, 0.25) is 15.9 Å². The molecule has 1 aromatic heterocycles. The molecule has 6 nitrogen and oxygen atoms in total. The molecule has 1 heterocycles. The van der Waals surface area contributed by atoms with Gasteiger partial charge in [0.25, 0.3) is 0 Å². The Morgan fingerprint density at radius 1 is 1.27 bits per heavy atom. The van der Waals surface area contributed by atoms with Crippen molar-refractivity contribution in [3.05, 3.63) is 29.6 Å². The summed E-state index contributed by atoms with van der Waals surface area (Å²) >= 11 is 0. The molecule has 7 heteroatoms. The predicted octanol–water partition coefficient (Wildman–Crippen LogP) is 1.32. The minimum Gasteiger partial charge on any atom is -0.352 e. The number of carbonyl (C=O) groups excluding carboxylic acids is 1. The van der Waals surface area contributed by atoms with Crippen molar-refractivity contribution in [1.82, 2.24) is 15.0 Å². The molecule has 22 heavy (non-hydrogen) atoms. The summed E-state index contributed by atoms with van der Waals surface area (Å²) in [6.45, 7) is 8.36. The van der Waals surface area contributed by atoms with Gasteiger partial charge in [0.05, 0.1) is 5.75 Å². The fraction of sp³-hybridized carbons (Fsp3) is 0.600. The van der Waals surface area contributed by atoms with Crippen LogP contribution in [0.3, 0.4) is 0 Å². The van der Waals surface area contributed by atoms with Crippen LogP contribution < -0.4 is 10.0 Å². The Labute approximate surface area is 132 Å². The van der Waals surface area contributed by atoms with E-state index in [-0.39, 0.29) is 30.0 Å².